The molecule has 3 aromatic rings. The lowest BCUT2D eigenvalue weighted by atomic mass is 9.97. The first-order valence-corrected chi connectivity index (χ1v) is 9.12. The van der Waals surface area contributed by atoms with Gasteiger partial charge in [0.25, 0.3) is 0 Å². The molecular formula is C19H22N8. The summed E-state index contributed by atoms with van der Waals surface area (Å²) in [4.78, 5) is 11.0. The molecule has 27 heavy (non-hydrogen) atoms. The van der Waals surface area contributed by atoms with E-state index in [9.17, 15) is 0 Å². The van der Waals surface area contributed by atoms with Crippen LogP contribution < -0.4 is 4.90 Å². The molecule has 1 saturated heterocycles. The summed E-state index contributed by atoms with van der Waals surface area (Å²) in [6, 6.07) is 5.77. The number of pyridine rings is 1. The van der Waals surface area contributed by atoms with E-state index in [-0.39, 0.29) is 0 Å². The summed E-state index contributed by atoms with van der Waals surface area (Å²) >= 11 is 0. The van der Waals surface area contributed by atoms with E-state index in [1.54, 1.807) is 18.5 Å². The highest BCUT2D eigenvalue weighted by Gasteiger charge is 2.26. The van der Waals surface area contributed by atoms with Gasteiger partial charge in [0.2, 0.25) is 0 Å². The van der Waals surface area contributed by atoms with Crippen molar-refractivity contribution in [3.8, 4) is 6.07 Å². The molecule has 0 bridgehead atoms. The number of aromatic nitrogens is 6. The Bertz CT molecular complexity index is 980. The van der Waals surface area contributed by atoms with E-state index in [4.69, 9.17) is 5.26 Å². The van der Waals surface area contributed by atoms with Crippen molar-refractivity contribution in [2.45, 2.75) is 32.2 Å². The Labute approximate surface area is 158 Å². The third-order valence-corrected chi connectivity index (χ3v) is 5.22. The minimum atomic E-state index is 0.293. The van der Waals surface area contributed by atoms with Gasteiger partial charge in [0.15, 0.2) is 5.82 Å². The molecule has 0 spiro atoms. The van der Waals surface area contributed by atoms with E-state index in [2.05, 4.69) is 40.3 Å². The van der Waals surface area contributed by atoms with Crippen molar-refractivity contribution >= 4 is 5.82 Å². The number of aryl methyl sites for hydroxylation is 1. The van der Waals surface area contributed by atoms with E-state index >= 15 is 0 Å². The minimum Gasteiger partial charge on any atom is -0.356 e. The number of piperidine rings is 1. The molecule has 4 heterocycles. The molecule has 1 fully saturated rings. The Morgan fingerprint density at radius 2 is 2.15 bits per heavy atom. The summed E-state index contributed by atoms with van der Waals surface area (Å²) in [7, 11) is 2.03. The van der Waals surface area contributed by atoms with Crippen LogP contribution in [0.5, 0.6) is 0 Å². The van der Waals surface area contributed by atoms with Crippen molar-refractivity contribution in [1.82, 2.24) is 29.3 Å². The van der Waals surface area contributed by atoms with Crippen molar-refractivity contribution in [2.75, 3.05) is 18.0 Å². The van der Waals surface area contributed by atoms with Gasteiger partial charge in [-0.1, -0.05) is 0 Å². The van der Waals surface area contributed by atoms with Crippen molar-refractivity contribution in [1.29, 1.82) is 5.26 Å². The Morgan fingerprint density at radius 3 is 2.93 bits per heavy atom. The molecule has 0 aromatic carbocycles. The van der Waals surface area contributed by atoms with Gasteiger partial charge in [-0.2, -0.15) is 5.26 Å². The minimum absolute atomic E-state index is 0.293. The highest BCUT2D eigenvalue weighted by atomic mass is 15.3. The highest BCUT2D eigenvalue weighted by Crippen LogP contribution is 2.28. The zero-order valence-electron chi connectivity index (χ0n) is 15.6. The van der Waals surface area contributed by atoms with Gasteiger partial charge in [-0.15, -0.1) is 10.2 Å². The highest BCUT2D eigenvalue weighted by molar-refractivity contribution is 5.45. The topological polar surface area (TPSA) is 88.4 Å². The van der Waals surface area contributed by atoms with Crippen LogP contribution >= 0.6 is 0 Å². The number of imidazole rings is 1. The molecule has 0 saturated carbocycles. The fourth-order valence-corrected chi connectivity index (χ4v) is 3.65. The van der Waals surface area contributed by atoms with Gasteiger partial charge in [0, 0.05) is 44.6 Å². The average Bonchev–Trinajstić information content (AvgIpc) is 3.28. The van der Waals surface area contributed by atoms with Crippen molar-refractivity contribution in [3.05, 3.63) is 53.8 Å². The van der Waals surface area contributed by atoms with Gasteiger partial charge in [-0.3, -0.25) is 0 Å². The summed E-state index contributed by atoms with van der Waals surface area (Å²) in [6.07, 6.45) is 7.59. The van der Waals surface area contributed by atoms with E-state index in [1.807, 2.05) is 26.2 Å². The molecule has 1 aliphatic heterocycles. The normalized spacial score (nSPS) is 17.1. The van der Waals surface area contributed by atoms with Crippen LogP contribution in [0.2, 0.25) is 0 Å². The monoisotopic (exact) mass is 362 g/mol. The second-order valence-corrected chi connectivity index (χ2v) is 6.94. The summed E-state index contributed by atoms with van der Waals surface area (Å²) in [6.45, 7) is 4.42. The number of rotatable bonds is 4. The lowest BCUT2D eigenvalue weighted by Crippen LogP contribution is -2.35. The predicted molar refractivity (Wildman–Crippen MR) is 100 cm³/mol. The number of hydrogen-bond acceptors (Lipinski definition) is 6. The van der Waals surface area contributed by atoms with Crippen LogP contribution in [0.3, 0.4) is 0 Å². The molecule has 0 unspecified atom stereocenters. The molecule has 4 rings (SSSR count). The van der Waals surface area contributed by atoms with E-state index in [1.165, 1.54) is 0 Å². The number of nitriles is 1. The summed E-state index contributed by atoms with van der Waals surface area (Å²) in [5.74, 6) is 4.04. The number of anilines is 1. The zero-order valence-corrected chi connectivity index (χ0v) is 15.6. The predicted octanol–water partition coefficient (Wildman–Crippen LogP) is 2.02. The summed E-state index contributed by atoms with van der Waals surface area (Å²) in [5, 5.41) is 18.0. The average molecular weight is 362 g/mol. The van der Waals surface area contributed by atoms with Gasteiger partial charge in [0.1, 0.15) is 17.5 Å². The zero-order chi connectivity index (χ0) is 18.8. The van der Waals surface area contributed by atoms with Crippen LogP contribution in [0.15, 0.2) is 30.7 Å². The molecule has 8 nitrogen and oxygen atoms in total. The Hall–Kier alpha value is -3.21. The van der Waals surface area contributed by atoms with Gasteiger partial charge in [-0.25, -0.2) is 9.97 Å². The maximum absolute atomic E-state index is 9.13. The molecule has 1 atom stereocenters. The lowest BCUT2D eigenvalue weighted by molar-refractivity contribution is 0.475. The smallest absolute Gasteiger partial charge is 0.152 e. The van der Waals surface area contributed by atoms with Crippen LogP contribution in [0, 0.1) is 18.3 Å². The second-order valence-electron chi connectivity index (χ2n) is 6.94. The second kappa shape index (κ2) is 7.19. The number of hydrogen-bond donors (Lipinski definition) is 0. The molecule has 0 radical (unpaired) electrons. The fourth-order valence-electron chi connectivity index (χ4n) is 3.65. The first-order chi connectivity index (χ1) is 13.2. The van der Waals surface area contributed by atoms with Crippen molar-refractivity contribution in [3.63, 3.8) is 0 Å². The van der Waals surface area contributed by atoms with Crippen molar-refractivity contribution < 1.29 is 0 Å². The summed E-state index contributed by atoms with van der Waals surface area (Å²) in [5.41, 5.74) is 0.638. The van der Waals surface area contributed by atoms with E-state index < -0.39 is 0 Å². The Morgan fingerprint density at radius 1 is 1.26 bits per heavy atom. The molecule has 0 N–H and O–H groups in total. The van der Waals surface area contributed by atoms with Gasteiger partial charge >= 0.3 is 0 Å². The van der Waals surface area contributed by atoms with Crippen LogP contribution in [0.4, 0.5) is 5.82 Å². The Kier molecular flexibility index (Phi) is 4.59. The Balaban J connectivity index is 1.53. The van der Waals surface area contributed by atoms with Crippen LogP contribution in [-0.2, 0) is 13.6 Å². The molecule has 0 aliphatic carbocycles. The molecular weight excluding hydrogens is 340 g/mol. The van der Waals surface area contributed by atoms with Gasteiger partial charge in [-0.05, 0) is 31.9 Å². The first-order valence-electron chi connectivity index (χ1n) is 9.12. The maximum atomic E-state index is 9.13. The quantitative estimate of drug-likeness (QED) is 0.705. The van der Waals surface area contributed by atoms with E-state index in [0.717, 1.165) is 49.2 Å². The van der Waals surface area contributed by atoms with Gasteiger partial charge < -0.3 is 14.0 Å². The number of nitrogens with zero attached hydrogens (tertiary/aromatic N) is 8. The molecule has 8 heteroatoms. The largest absolute Gasteiger partial charge is 0.356 e. The molecule has 0 amide bonds. The third kappa shape index (κ3) is 3.40. The van der Waals surface area contributed by atoms with Crippen LogP contribution in [0.1, 0.15) is 41.8 Å². The molecule has 138 valence electrons. The summed E-state index contributed by atoms with van der Waals surface area (Å²) < 4.78 is 4.17. The van der Waals surface area contributed by atoms with Crippen molar-refractivity contribution in [2.24, 2.45) is 7.05 Å². The maximum Gasteiger partial charge on any atom is 0.152 e. The third-order valence-electron chi connectivity index (χ3n) is 5.22. The SMILES string of the molecule is Cc1nccn1Cc1nnc([C@@H]2CCCN(c3cc(C#N)ccn3)C2)n1C. The van der Waals surface area contributed by atoms with Crippen LogP contribution in [-0.4, -0.2) is 42.4 Å². The standard InChI is InChI=1S/C19H22N8/c1-14-21-7-9-26(14)13-18-23-24-19(25(18)2)16-4-3-8-27(12-16)17-10-15(11-20)5-6-22-17/h5-7,9-10,16H,3-4,8,12-13H2,1-2H3/t16-/m1/s1. The fraction of sp³-hybridized carbons (Fsp3) is 0.421. The first kappa shape index (κ1) is 17.2. The lowest BCUT2D eigenvalue weighted by Gasteiger charge is -2.33. The van der Waals surface area contributed by atoms with Gasteiger partial charge in [0.05, 0.1) is 18.2 Å². The van der Waals surface area contributed by atoms with Crippen LogP contribution in [0.25, 0.3) is 0 Å². The molecule has 1 aliphatic rings. The van der Waals surface area contributed by atoms with E-state index in [0.29, 0.717) is 18.0 Å². The molecule has 3 aromatic heterocycles.